The van der Waals surface area contributed by atoms with E-state index in [1.54, 1.807) is 6.08 Å². The third-order valence-corrected chi connectivity index (χ3v) is 1.36. The molecule has 1 aliphatic rings. The Labute approximate surface area is 53.3 Å². The lowest BCUT2D eigenvalue weighted by molar-refractivity contribution is 0.0673. The van der Waals surface area contributed by atoms with Crippen LogP contribution in [0.2, 0.25) is 0 Å². The van der Waals surface area contributed by atoms with Gasteiger partial charge in [-0.15, -0.1) is 5.48 Å². The van der Waals surface area contributed by atoms with Crippen molar-refractivity contribution >= 4 is 0 Å². The van der Waals surface area contributed by atoms with Crippen LogP contribution in [0.15, 0.2) is 12.3 Å². The summed E-state index contributed by atoms with van der Waals surface area (Å²) in [6, 6.07) is 0. The van der Waals surface area contributed by atoms with E-state index in [-0.39, 0.29) is 6.61 Å². The van der Waals surface area contributed by atoms with Crippen LogP contribution in [-0.4, -0.2) is 23.8 Å². The lowest BCUT2D eigenvalue weighted by Gasteiger charge is -2.20. The Morgan fingerprint density at radius 2 is 2.56 bits per heavy atom. The SMILES string of the molecule is NCC1(CO)C=CON1. The maximum atomic E-state index is 8.74. The van der Waals surface area contributed by atoms with Gasteiger partial charge in [0.1, 0.15) is 11.8 Å². The summed E-state index contributed by atoms with van der Waals surface area (Å²) in [7, 11) is 0. The van der Waals surface area contributed by atoms with E-state index in [4.69, 9.17) is 10.8 Å². The summed E-state index contributed by atoms with van der Waals surface area (Å²) in [5.41, 5.74) is 7.37. The molecule has 0 aromatic heterocycles. The summed E-state index contributed by atoms with van der Waals surface area (Å²) in [6.07, 6.45) is 3.18. The third-order valence-electron chi connectivity index (χ3n) is 1.36. The third kappa shape index (κ3) is 1.05. The summed E-state index contributed by atoms with van der Waals surface area (Å²) < 4.78 is 0. The number of hydrogen-bond donors (Lipinski definition) is 3. The molecule has 0 fully saturated rings. The quantitative estimate of drug-likeness (QED) is 0.436. The highest BCUT2D eigenvalue weighted by Crippen LogP contribution is 2.09. The van der Waals surface area contributed by atoms with Gasteiger partial charge in [-0.1, -0.05) is 0 Å². The molecule has 0 saturated heterocycles. The fourth-order valence-electron chi connectivity index (χ4n) is 0.609. The highest BCUT2D eigenvalue weighted by Gasteiger charge is 2.28. The molecule has 1 rings (SSSR count). The molecule has 1 unspecified atom stereocenters. The Morgan fingerprint density at radius 3 is 2.78 bits per heavy atom. The zero-order valence-corrected chi connectivity index (χ0v) is 5.00. The molecule has 0 radical (unpaired) electrons. The van der Waals surface area contributed by atoms with Crippen LogP contribution >= 0.6 is 0 Å². The normalized spacial score (nSPS) is 32.7. The van der Waals surface area contributed by atoms with Crippen molar-refractivity contribution in [1.82, 2.24) is 5.48 Å². The summed E-state index contributed by atoms with van der Waals surface area (Å²) in [4.78, 5) is 4.67. The molecular formula is C5H10N2O2. The van der Waals surface area contributed by atoms with E-state index < -0.39 is 5.54 Å². The second-order valence-corrected chi connectivity index (χ2v) is 2.04. The fourth-order valence-corrected chi connectivity index (χ4v) is 0.609. The van der Waals surface area contributed by atoms with Crippen molar-refractivity contribution < 1.29 is 9.94 Å². The van der Waals surface area contributed by atoms with Crippen molar-refractivity contribution in [2.75, 3.05) is 13.2 Å². The predicted molar refractivity (Wildman–Crippen MR) is 32.2 cm³/mol. The van der Waals surface area contributed by atoms with Gasteiger partial charge in [0.25, 0.3) is 0 Å². The average Bonchev–Trinajstić information content (AvgIpc) is 2.36. The Balaban J connectivity index is 2.57. The molecule has 4 N–H and O–H groups in total. The van der Waals surface area contributed by atoms with Crippen molar-refractivity contribution in [3.05, 3.63) is 12.3 Å². The number of hydrogen-bond acceptors (Lipinski definition) is 4. The Kier molecular flexibility index (Phi) is 1.70. The monoisotopic (exact) mass is 130 g/mol. The summed E-state index contributed by atoms with van der Waals surface area (Å²) in [6.45, 7) is 0.292. The molecular weight excluding hydrogens is 120 g/mol. The first kappa shape index (κ1) is 6.54. The van der Waals surface area contributed by atoms with Crippen LogP contribution in [0.25, 0.3) is 0 Å². The van der Waals surface area contributed by atoms with Gasteiger partial charge in [-0.2, -0.15) is 0 Å². The molecule has 0 aromatic carbocycles. The molecule has 0 bridgehead atoms. The lowest BCUT2D eigenvalue weighted by atomic mass is 10.0. The molecule has 0 saturated carbocycles. The topological polar surface area (TPSA) is 67.5 Å². The van der Waals surface area contributed by atoms with Crippen LogP contribution in [-0.2, 0) is 4.84 Å². The molecule has 0 amide bonds. The number of hydroxylamine groups is 1. The van der Waals surface area contributed by atoms with E-state index in [2.05, 4.69) is 10.3 Å². The van der Waals surface area contributed by atoms with Gasteiger partial charge in [0.05, 0.1) is 6.61 Å². The van der Waals surface area contributed by atoms with Crippen molar-refractivity contribution in [2.45, 2.75) is 5.54 Å². The molecule has 4 nitrogen and oxygen atoms in total. The van der Waals surface area contributed by atoms with Crippen LogP contribution in [0.4, 0.5) is 0 Å². The van der Waals surface area contributed by atoms with E-state index in [0.717, 1.165) is 0 Å². The van der Waals surface area contributed by atoms with E-state index in [0.29, 0.717) is 6.54 Å². The molecule has 52 valence electrons. The zero-order chi connectivity index (χ0) is 6.74. The van der Waals surface area contributed by atoms with Gasteiger partial charge in [-0.3, -0.25) is 0 Å². The number of nitrogens with two attached hydrogens (primary N) is 1. The van der Waals surface area contributed by atoms with E-state index in [9.17, 15) is 0 Å². The van der Waals surface area contributed by atoms with Gasteiger partial charge in [-0.25, -0.2) is 0 Å². The standard InChI is InChI=1S/C5H10N2O2/c6-3-5(4-8)1-2-9-7-5/h1-2,7-8H,3-4,6H2. The molecule has 0 aliphatic carbocycles. The molecule has 4 heteroatoms. The number of rotatable bonds is 2. The van der Waals surface area contributed by atoms with Crippen LogP contribution in [0.3, 0.4) is 0 Å². The molecule has 1 aliphatic heterocycles. The predicted octanol–water partition coefficient (Wildman–Crippen LogP) is -1.28. The minimum absolute atomic E-state index is 0.0417. The Bertz CT molecular complexity index is 120. The first-order valence-corrected chi connectivity index (χ1v) is 2.74. The highest BCUT2D eigenvalue weighted by molar-refractivity contribution is 5.07. The highest BCUT2D eigenvalue weighted by atomic mass is 16.6. The molecule has 9 heavy (non-hydrogen) atoms. The maximum Gasteiger partial charge on any atom is 0.110 e. The first-order valence-electron chi connectivity index (χ1n) is 2.74. The van der Waals surface area contributed by atoms with Crippen molar-refractivity contribution in [3.63, 3.8) is 0 Å². The summed E-state index contributed by atoms with van der Waals surface area (Å²) in [5, 5.41) is 8.74. The van der Waals surface area contributed by atoms with Gasteiger partial charge in [0, 0.05) is 6.54 Å². The lowest BCUT2D eigenvalue weighted by Crippen LogP contribution is -2.49. The van der Waals surface area contributed by atoms with Gasteiger partial charge >= 0.3 is 0 Å². The van der Waals surface area contributed by atoms with Crippen LogP contribution in [0, 0.1) is 0 Å². The smallest absolute Gasteiger partial charge is 0.110 e. The van der Waals surface area contributed by atoms with Crippen LogP contribution in [0.5, 0.6) is 0 Å². The summed E-state index contributed by atoms with van der Waals surface area (Å²) >= 11 is 0. The minimum Gasteiger partial charge on any atom is -0.416 e. The van der Waals surface area contributed by atoms with E-state index in [1.807, 2.05) is 0 Å². The van der Waals surface area contributed by atoms with Crippen LogP contribution in [0.1, 0.15) is 0 Å². The van der Waals surface area contributed by atoms with Gasteiger partial charge < -0.3 is 15.7 Å². The molecule has 1 atom stereocenters. The van der Waals surface area contributed by atoms with Gasteiger partial charge in [0.15, 0.2) is 0 Å². The Morgan fingerprint density at radius 1 is 1.78 bits per heavy atom. The second kappa shape index (κ2) is 2.34. The molecule has 1 heterocycles. The van der Waals surface area contributed by atoms with Crippen molar-refractivity contribution in [3.8, 4) is 0 Å². The fraction of sp³-hybridized carbons (Fsp3) is 0.600. The van der Waals surface area contributed by atoms with E-state index >= 15 is 0 Å². The zero-order valence-electron chi connectivity index (χ0n) is 5.00. The number of aliphatic hydroxyl groups is 1. The first-order chi connectivity index (χ1) is 4.33. The average molecular weight is 130 g/mol. The number of nitrogens with one attached hydrogen (secondary N) is 1. The minimum atomic E-state index is -0.542. The summed E-state index contributed by atoms with van der Waals surface area (Å²) in [5.74, 6) is 0. The Hall–Kier alpha value is -0.580. The van der Waals surface area contributed by atoms with Gasteiger partial charge in [0.2, 0.25) is 0 Å². The van der Waals surface area contributed by atoms with Crippen LogP contribution < -0.4 is 11.2 Å². The second-order valence-electron chi connectivity index (χ2n) is 2.04. The van der Waals surface area contributed by atoms with E-state index in [1.165, 1.54) is 6.26 Å². The van der Waals surface area contributed by atoms with Gasteiger partial charge in [-0.05, 0) is 6.08 Å². The molecule has 0 aromatic rings. The molecule has 0 spiro atoms. The van der Waals surface area contributed by atoms with Crippen molar-refractivity contribution in [1.29, 1.82) is 0 Å². The largest absolute Gasteiger partial charge is 0.416 e. The number of aliphatic hydroxyl groups excluding tert-OH is 1. The van der Waals surface area contributed by atoms with Crippen molar-refractivity contribution in [2.24, 2.45) is 5.73 Å². The maximum absolute atomic E-state index is 8.74.